The highest BCUT2D eigenvalue weighted by Crippen LogP contribution is 2.49. The van der Waals surface area contributed by atoms with E-state index in [0.717, 1.165) is 58.0 Å². The molecule has 6 atom stereocenters. The Balaban J connectivity index is 1.33. The second-order valence-electron chi connectivity index (χ2n) is 11.4. The SMILES string of the molecule is CN(C)CCCC(=O)N[C@@H]1CCCC[C@@H]1C(=O)N1CC[C@@H]2[C@H](C3C=CC=CC3)Nc3ccccc3[C@@H]21. The van der Waals surface area contributed by atoms with E-state index < -0.39 is 0 Å². The lowest BCUT2D eigenvalue weighted by Gasteiger charge is -2.44. The third kappa shape index (κ3) is 5.24. The molecule has 0 aromatic heterocycles. The largest absolute Gasteiger partial charge is 0.381 e. The van der Waals surface area contributed by atoms with Gasteiger partial charge in [-0.05, 0) is 64.4 Å². The summed E-state index contributed by atoms with van der Waals surface area (Å²) in [6, 6.07) is 8.93. The van der Waals surface area contributed by atoms with E-state index in [4.69, 9.17) is 0 Å². The fourth-order valence-electron chi connectivity index (χ4n) is 6.95. The van der Waals surface area contributed by atoms with Gasteiger partial charge in [-0.2, -0.15) is 0 Å². The van der Waals surface area contributed by atoms with Crippen LogP contribution in [0.1, 0.15) is 63.0 Å². The van der Waals surface area contributed by atoms with Crippen molar-refractivity contribution in [3.05, 3.63) is 54.1 Å². The Labute approximate surface area is 216 Å². The molecular formula is C30H42N4O2. The molecule has 4 aliphatic rings. The van der Waals surface area contributed by atoms with Crippen LogP contribution in [0, 0.1) is 17.8 Å². The second kappa shape index (κ2) is 11.2. The van der Waals surface area contributed by atoms with Gasteiger partial charge in [0.1, 0.15) is 0 Å². The van der Waals surface area contributed by atoms with Gasteiger partial charge in [0.2, 0.25) is 11.8 Å². The van der Waals surface area contributed by atoms with Crippen LogP contribution in [0.2, 0.25) is 0 Å². The normalized spacial score (nSPS) is 31.0. The van der Waals surface area contributed by atoms with E-state index in [2.05, 4.69) is 69.0 Å². The molecule has 194 valence electrons. The Morgan fingerprint density at radius 2 is 1.94 bits per heavy atom. The Kier molecular flexibility index (Phi) is 7.80. The summed E-state index contributed by atoms with van der Waals surface area (Å²) in [4.78, 5) is 31.2. The third-order valence-corrected chi connectivity index (χ3v) is 8.70. The zero-order valence-corrected chi connectivity index (χ0v) is 21.9. The number of anilines is 1. The van der Waals surface area contributed by atoms with Gasteiger partial charge >= 0.3 is 0 Å². The van der Waals surface area contributed by atoms with E-state index >= 15 is 0 Å². The molecule has 5 rings (SSSR count). The highest BCUT2D eigenvalue weighted by atomic mass is 16.2. The zero-order chi connectivity index (χ0) is 25.1. The Morgan fingerprint density at radius 3 is 2.75 bits per heavy atom. The fourth-order valence-corrected chi connectivity index (χ4v) is 6.95. The molecule has 2 amide bonds. The summed E-state index contributed by atoms with van der Waals surface area (Å²) in [5.41, 5.74) is 2.42. The van der Waals surface area contributed by atoms with E-state index in [9.17, 15) is 9.59 Å². The Morgan fingerprint density at radius 1 is 1.11 bits per heavy atom. The number of carbonyl (C=O) groups is 2. The third-order valence-electron chi connectivity index (χ3n) is 8.70. The Hall–Kier alpha value is -2.60. The standard InChI is InChI=1S/C30H42N4O2/c1-33(2)19-10-17-27(35)31-26-16-9-7-14-23(26)30(36)34-20-18-24-28(21-11-4-3-5-12-21)32-25-15-8-6-13-22(25)29(24)34/h3-6,8,11,13,15,21,23-24,26,28-29,32H,7,9-10,12,14,16-20H2,1-2H3,(H,31,35)/t21?,23-,24+,26+,28-,29-/m0/s1. The quantitative estimate of drug-likeness (QED) is 0.590. The van der Waals surface area contributed by atoms with Crippen molar-refractivity contribution >= 4 is 17.5 Å². The molecule has 1 saturated heterocycles. The minimum atomic E-state index is -0.117. The molecule has 2 fully saturated rings. The van der Waals surface area contributed by atoms with E-state index in [1.807, 2.05) is 14.1 Å². The topological polar surface area (TPSA) is 64.7 Å². The number of carbonyl (C=O) groups excluding carboxylic acids is 2. The molecule has 1 aromatic carbocycles. The number of nitrogens with zero attached hydrogens (tertiary/aromatic N) is 2. The predicted octanol–water partition coefficient (Wildman–Crippen LogP) is 4.52. The number of hydrogen-bond acceptors (Lipinski definition) is 4. The van der Waals surface area contributed by atoms with Crippen LogP contribution >= 0.6 is 0 Å². The maximum Gasteiger partial charge on any atom is 0.228 e. The van der Waals surface area contributed by atoms with Crippen LogP contribution in [-0.4, -0.2) is 60.9 Å². The molecule has 0 spiro atoms. The lowest BCUT2D eigenvalue weighted by Crippen LogP contribution is -2.51. The number of para-hydroxylation sites is 1. The van der Waals surface area contributed by atoms with Crippen LogP contribution in [0.5, 0.6) is 0 Å². The molecule has 6 nitrogen and oxygen atoms in total. The van der Waals surface area contributed by atoms with Gasteiger partial charge in [-0.15, -0.1) is 0 Å². The van der Waals surface area contributed by atoms with Crippen molar-refractivity contribution in [3.8, 4) is 0 Å². The summed E-state index contributed by atoms with van der Waals surface area (Å²) in [6.07, 6.45) is 16.2. The smallest absolute Gasteiger partial charge is 0.228 e. The van der Waals surface area contributed by atoms with E-state index in [-0.39, 0.29) is 29.8 Å². The first-order chi connectivity index (χ1) is 17.5. The summed E-state index contributed by atoms with van der Waals surface area (Å²) < 4.78 is 0. The fraction of sp³-hybridized carbons (Fsp3) is 0.600. The lowest BCUT2D eigenvalue weighted by atomic mass is 9.75. The average molecular weight is 491 g/mol. The van der Waals surface area contributed by atoms with E-state index in [1.165, 1.54) is 11.3 Å². The summed E-state index contributed by atoms with van der Waals surface area (Å²) in [5, 5.41) is 7.12. The number of benzene rings is 1. The number of nitrogens with one attached hydrogen (secondary N) is 2. The van der Waals surface area contributed by atoms with Gasteiger partial charge in [0.25, 0.3) is 0 Å². The summed E-state index contributed by atoms with van der Waals surface area (Å²) in [6.45, 7) is 1.70. The van der Waals surface area contributed by atoms with Crippen molar-refractivity contribution in [2.24, 2.45) is 17.8 Å². The molecule has 2 aliphatic heterocycles. The van der Waals surface area contributed by atoms with Crippen LogP contribution in [0.3, 0.4) is 0 Å². The first-order valence-corrected chi connectivity index (χ1v) is 14.0. The molecule has 36 heavy (non-hydrogen) atoms. The van der Waals surface area contributed by atoms with Gasteiger partial charge in [0.15, 0.2) is 0 Å². The molecule has 2 heterocycles. The van der Waals surface area contributed by atoms with Crippen LogP contribution in [-0.2, 0) is 9.59 Å². The molecule has 2 N–H and O–H groups in total. The maximum absolute atomic E-state index is 14.2. The number of amides is 2. The minimum Gasteiger partial charge on any atom is -0.381 e. The molecule has 1 aromatic rings. The molecule has 2 aliphatic carbocycles. The minimum absolute atomic E-state index is 0.0451. The van der Waals surface area contributed by atoms with E-state index in [0.29, 0.717) is 24.3 Å². The van der Waals surface area contributed by atoms with Gasteiger partial charge in [-0.1, -0.05) is 55.3 Å². The average Bonchev–Trinajstić information content (AvgIpc) is 3.34. The van der Waals surface area contributed by atoms with Crippen molar-refractivity contribution in [3.63, 3.8) is 0 Å². The van der Waals surface area contributed by atoms with Gasteiger partial charge in [-0.25, -0.2) is 0 Å². The first kappa shape index (κ1) is 25.1. The van der Waals surface area contributed by atoms with Crippen molar-refractivity contribution in [2.75, 3.05) is 32.5 Å². The van der Waals surface area contributed by atoms with Gasteiger partial charge in [0, 0.05) is 42.6 Å². The van der Waals surface area contributed by atoms with Gasteiger partial charge < -0.3 is 20.4 Å². The molecule has 6 heteroatoms. The predicted molar refractivity (Wildman–Crippen MR) is 144 cm³/mol. The number of fused-ring (bicyclic) bond motifs is 3. The van der Waals surface area contributed by atoms with Crippen LogP contribution in [0.25, 0.3) is 0 Å². The molecular weight excluding hydrogens is 448 g/mol. The van der Waals surface area contributed by atoms with Gasteiger partial charge in [-0.3, -0.25) is 9.59 Å². The summed E-state index contributed by atoms with van der Waals surface area (Å²) in [7, 11) is 4.06. The zero-order valence-electron chi connectivity index (χ0n) is 21.9. The number of hydrogen-bond donors (Lipinski definition) is 2. The van der Waals surface area contributed by atoms with Crippen molar-refractivity contribution < 1.29 is 9.59 Å². The highest BCUT2D eigenvalue weighted by molar-refractivity contribution is 5.83. The molecule has 0 bridgehead atoms. The van der Waals surface area contributed by atoms with Crippen LogP contribution < -0.4 is 10.6 Å². The molecule has 0 radical (unpaired) electrons. The molecule has 1 unspecified atom stereocenters. The maximum atomic E-state index is 14.2. The van der Waals surface area contributed by atoms with Crippen LogP contribution in [0.15, 0.2) is 48.6 Å². The van der Waals surface area contributed by atoms with Gasteiger partial charge in [0.05, 0.1) is 12.0 Å². The van der Waals surface area contributed by atoms with Crippen LogP contribution in [0.4, 0.5) is 5.69 Å². The lowest BCUT2D eigenvalue weighted by molar-refractivity contribution is -0.139. The summed E-state index contributed by atoms with van der Waals surface area (Å²) >= 11 is 0. The molecule has 1 saturated carbocycles. The van der Waals surface area contributed by atoms with E-state index in [1.54, 1.807) is 0 Å². The van der Waals surface area contributed by atoms with Crippen molar-refractivity contribution in [1.82, 2.24) is 15.1 Å². The second-order valence-corrected chi connectivity index (χ2v) is 11.4. The van der Waals surface area contributed by atoms with Crippen molar-refractivity contribution in [1.29, 1.82) is 0 Å². The Bertz CT molecular complexity index is 1000. The number of allylic oxidation sites excluding steroid dienone is 3. The summed E-state index contributed by atoms with van der Waals surface area (Å²) in [5.74, 6) is 1.05. The highest BCUT2D eigenvalue weighted by Gasteiger charge is 2.49. The van der Waals surface area contributed by atoms with Crippen molar-refractivity contribution in [2.45, 2.75) is 69.5 Å². The monoisotopic (exact) mass is 490 g/mol. The number of likely N-dealkylation sites (tertiary alicyclic amines) is 1. The first-order valence-electron chi connectivity index (χ1n) is 14.0. The number of rotatable bonds is 7.